The Kier molecular flexibility index (Phi) is 5.30. The fourth-order valence-corrected chi connectivity index (χ4v) is 2.38. The van der Waals surface area contributed by atoms with E-state index in [-0.39, 0.29) is 12.1 Å². The monoisotopic (exact) mass is 308 g/mol. The number of nitriles is 2. The van der Waals surface area contributed by atoms with Gasteiger partial charge in [0.15, 0.2) is 0 Å². The quantitative estimate of drug-likeness (QED) is 0.677. The summed E-state index contributed by atoms with van der Waals surface area (Å²) in [6.07, 6.45) is 0. The molecule has 5 heteroatoms. The number of nitrogens with one attached hydrogen (secondary N) is 1. The van der Waals surface area contributed by atoms with E-state index in [1.807, 2.05) is 60.5 Å². The number of hydrogen-bond acceptors (Lipinski definition) is 4. The third-order valence-electron chi connectivity index (χ3n) is 3.84. The maximum absolute atomic E-state index is 12.0. The van der Waals surface area contributed by atoms with E-state index in [1.54, 1.807) is 12.5 Å². The van der Waals surface area contributed by atoms with Gasteiger partial charge in [0.1, 0.15) is 17.7 Å². The van der Waals surface area contributed by atoms with Gasteiger partial charge in [-0.15, -0.1) is 4.48 Å². The van der Waals surface area contributed by atoms with Crippen molar-refractivity contribution < 1.29 is 4.48 Å². The first kappa shape index (κ1) is 16.5. The maximum Gasteiger partial charge on any atom is 0.133 e. The highest BCUT2D eigenvalue weighted by Gasteiger charge is 2.06. The van der Waals surface area contributed by atoms with Crippen LogP contribution < -0.4 is 10.4 Å². The van der Waals surface area contributed by atoms with Crippen LogP contribution in [-0.4, -0.2) is 20.1 Å². The lowest BCUT2D eigenvalue weighted by atomic mass is 9.99. The molecule has 2 rings (SSSR count). The minimum absolute atomic E-state index is 0.124. The van der Waals surface area contributed by atoms with E-state index in [0.29, 0.717) is 12.1 Å². The van der Waals surface area contributed by atoms with Crippen molar-refractivity contribution >= 4 is 22.0 Å². The van der Waals surface area contributed by atoms with Crippen LogP contribution in [0.5, 0.6) is 0 Å². The maximum atomic E-state index is 12.0. The van der Waals surface area contributed by atoms with Crippen LogP contribution in [0.4, 0.5) is 10.2 Å². The summed E-state index contributed by atoms with van der Waals surface area (Å²) in [4.78, 5) is 1.97. The van der Waals surface area contributed by atoms with Gasteiger partial charge in [-0.25, -0.2) is 0 Å². The Morgan fingerprint density at radius 3 is 2.43 bits per heavy atom. The highest BCUT2D eigenvalue weighted by molar-refractivity contribution is 5.89. The molecule has 2 aromatic rings. The zero-order valence-corrected chi connectivity index (χ0v) is 13.1. The Bertz CT molecular complexity index is 811. The molecule has 0 bridgehead atoms. The van der Waals surface area contributed by atoms with Crippen molar-refractivity contribution in [2.45, 2.75) is 6.92 Å². The number of likely N-dealkylation sites (N-methyl/N-ethyl adjacent to an activating group) is 1. The zero-order valence-electron chi connectivity index (χ0n) is 13.1. The fourth-order valence-electron chi connectivity index (χ4n) is 2.38. The average Bonchev–Trinajstić information content (AvgIpc) is 2.59. The molecule has 0 amide bonds. The first-order valence-electron chi connectivity index (χ1n) is 7.20. The SMILES string of the molecule is CC(=C(C#N)C#N)c1ccc2cc(N(C)CCNF)ccc2c1. The molecule has 116 valence electrons. The molecule has 0 heterocycles. The third kappa shape index (κ3) is 3.66. The van der Waals surface area contributed by atoms with Gasteiger partial charge in [-0.2, -0.15) is 16.1 Å². The van der Waals surface area contributed by atoms with Crippen LogP contribution in [0.1, 0.15) is 12.5 Å². The van der Waals surface area contributed by atoms with Gasteiger partial charge in [0.25, 0.3) is 0 Å². The molecule has 4 nitrogen and oxygen atoms in total. The molecule has 0 aliphatic carbocycles. The van der Waals surface area contributed by atoms with Gasteiger partial charge in [0, 0.05) is 25.8 Å². The van der Waals surface area contributed by atoms with E-state index in [4.69, 9.17) is 10.5 Å². The summed E-state index contributed by atoms with van der Waals surface area (Å²) in [6.45, 7) is 2.60. The fraction of sp³-hybridized carbons (Fsp3) is 0.222. The molecule has 0 spiro atoms. The predicted octanol–water partition coefficient (Wildman–Crippen LogP) is 3.57. The molecule has 2 aromatic carbocycles. The number of hydrogen-bond donors (Lipinski definition) is 1. The predicted molar refractivity (Wildman–Crippen MR) is 90.1 cm³/mol. The van der Waals surface area contributed by atoms with E-state index in [1.165, 1.54) is 0 Å². The molecule has 0 saturated carbocycles. The second kappa shape index (κ2) is 7.40. The zero-order chi connectivity index (χ0) is 16.8. The van der Waals surface area contributed by atoms with Crippen molar-refractivity contribution in [1.29, 1.82) is 10.5 Å². The summed E-state index contributed by atoms with van der Waals surface area (Å²) < 4.78 is 12.0. The lowest BCUT2D eigenvalue weighted by Crippen LogP contribution is -2.25. The smallest absolute Gasteiger partial charge is 0.133 e. The van der Waals surface area contributed by atoms with E-state index in [9.17, 15) is 4.48 Å². The van der Waals surface area contributed by atoms with Crippen LogP contribution in [0.25, 0.3) is 16.3 Å². The molecular formula is C18H17FN4. The van der Waals surface area contributed by atoms with Gasteiger partial charge in [-0.05, 0) is 47.0 Å². The second-order valence-electron chi connectivity index (χ2n) is 5.28. The van der Waals surface area contributed by atoms with Crippen molar-refractivity contribution in [3.05, 3.63) is 47.5 Å². The van der Waals surface area contributed by atoms with Gasteiger partial charge in [-0.1, -0.05) is 18.2 Å². The van der Waals surface area contributed by atoms with Gasteiger partial charge < -0.3 is 4.90 Å². The normalized spacial score (nSPS) is 9.96. The Balaban J connectivity index is 2.39. The van der Waals surface area contributed by atoms with Crippen LogP contribution in [0.3, 0.4) is 0 Å². The van der Waals surface area contributed by atoms with Crippen LogP contribution in [-0.2, 0) is 0 Å². The molecule has 0 atom stereocenters. The lowest BCUT2D eigenvalue weighted by Gasteiger charge is -2.19. The third-order valence-corrected chi connectivity index (χ3v) is 3.84. The molecule has 0 radical (unpaired) electrons. The Labute approximate surface area is 135 Å². The summed E-state index contributed by atoms with van der Waals surface area (Å²) in [7, 11) is 1.91. The van der Waals surface area contributed by atoms with Gasteiger partial charge in [0.2, 0.25) is 0 Å². The molecule has 0 saturated heterocycles. The van der Waals surface area contributed by atoms with Crippen molar-refractivity contribution in [3.63, 3.8) is 0 Å². The minimum Gasteiger partial charge on any atom is -0.373 e. The van der Waals surface area contributed by atoms with E-state index in [2.05, 4.69) is 0 Å². The van der Waals surface area contributed by atoms with Crippen LogP contribution in [0.2, 0.25) is 0 Å². The first-order valence-corrected chi connectivity index (χ1v) is 7.20. The molecule has 0 aromatic heterocycles. The average molecular weight is 308 g/mol. The molecule has 1 N–H and O–H groups in total. The van der Waals surface area contributed by atoms with E-state index < -0.39 is 0 Å². The highest BCUT2D eigenvalue weighted by atomic mass is 19.2. The largest absolute Gasteiger partial charge is 0.373 e. The van der Waals surface area contributed by atoms with Crippen molar-refractivity contribution in [1.82, 2.24) is 5.54 Å². The molecule has 0 fully saturated rings. The summed E-state index contributed by atoms with van der Waals surface area (Å²) in [6, 6.07) is 15.7. The number of fused-ring (bicyclic) bond motifs is 1. The molecule has 0 aliphatic heterocycles. The van der Waals surface area contributed by atoms with E-state index in [0.717, 1.165) is 22.0 Å². The summed E-state index contributed by atoms with van der Waals surface area (Å²) in [5.74, 6) is 0. The summed E-state index contributed by atoms with van der Waals surface area (Å²) in [5, 5.41) is 20.0. The topological polar surface area (TPSA) is 62.9 Å². The number of rotatable bonds is 5. The van der Waals surface area contributed by atoms with Crippen molar-refractivity contribution in [2.24, 2.45) is 0 Å². The molecule has 0 unspecified atom stereocenters. The van der Waals surface area contributed by atoms with Crippen LogP contribution in [0.15, 0.2) is 42.0 Å². The van der Waals surface area contributed by atoms with Gasteiger partial charge in [-0.3, -0.25) is 0 Å². The number of anilines is 1. The Hall–Kier alpha value is -2.89. The summed E-state index contributed by atoms with van der Waals surface area (Å²) >= 11 is 0. The van der Waals surface area contributed by atoms with Gasteiger partial charge >= 0.3 is 0 Å². The number of nitrogens with zero attached hydrogens (tertiary/aromatic N) is 3. The molecule has 0 aliphatic rings. The first-order chi connectivity index (χ1) is 11.1. The summed E-state index contributed by atoms with van der Waals surface area (Å²) in [5.41, 5.74) is 4.31. The van der Waals surface area contributed by atoms with Crippen molar-refractivity contribution in [3.8, 4) is 12.1 Å². The van der Waals surface area contributed by atoms with E-state index >= 15 is 0 Å². The minimum atomic E-state index is 0.124. The highest BCUT2D eigenvalue weighted by Crippen LogP contribution is 2.26. The lowest BCUT2D eigenvalue weighted by molar-refractivity contribution is 0.339. The van der Waals surface area contributed by atoms with Crippen LogP contribution >= 0.6 is 0 Å². The number of allylic oxidation sites excluding steroid dienone is 2. The standard InChI is InChI=1S/C18H17FN4/c1-13(17(11-20)12-21)14-3-4-16-10-18(6-5-15(16)9-14)23(2)8-7-22-19/h3-6,9-10,22H,7-8H2,1-2H3. The van der Waals surface area contributed by atoms with Crippen molar-refractivity contribution in [2.75, 3.05) is 25.0 Å². The van der Waals surface area contributed by atoms with Crippen LogP contribution in [0, 0.1) is 22.7 Å². The second-order valence-corrected chi connectivity index (χ2v) is 5.28. The van der Waals surface area contributed by atoms with Gasteiger partial charge in [0.05, 0.1) is 0 Å². The number of benzene rings is 2. The Morgan fingerprint density at radius 2 is 1.78 bits per heavy atom. The molecular weight excluding hydrogens is 291 g/mol. The molecule has 23 heavy (non-hydrogen) atoms. The Morgan fingerprint density at radius 1 is 1.13 bits per heavy atom. The number of halogens is 1.